The number of hydrogen-bond donors (Lipinski definition) is 1. The van der Waals surface area contributed by atoms with E-state index in [1.165, 1.54) is 6.20 Å². The summed E-state index contributed by atoms with van der Waals surface area (Å²) in [5, 5.41) is 2.74. The van der Waals surface area contributed by atoms with Crippen molar-refractivity contribution in [3.05, 3.63) is 52.8 Å². The lowest BCUT2D eigenvalue weighted by atomic mass is 10.2. The molecule has 1 aromatic carbocycles. The van der Waals surface area contributed by atoms with Crippen LogP contribution in [0.5, 0.6) is 5.75 Å². The molecule has 23 heavy (non-hydrogen) atoms. The number of pyridine rings is 1. The molecule has 0 aliphatic heterocycles. The van der Waals surface area contributed by atoms with Crippen LogP contribution in [0, 0.1) is 0 Å². The number of anilines is 1. The quantitative estimate of drug-likeness (QED) is 0.781. The number of halogens is 1. The Kier molecular flexibility index (Phi) is 6.10. The standard InChI is InChI=1S/C16H15BrN2O4/c1-2-22-15(20)10-23-14-5-3-4-13(7-14)19-16(21)11-6-12(17)9-18-8-11/h3-9H,2,10H2,1H3,(H,19,21). The molecule has 0 saturated carbocycles. The number of amides is 1. The number of nitrogens with one attached hydrogen (secondary N) is 1. The minimum Gasteiger partial charge on any atom is -0.482 e. The van der Waals surface area contributed by atoms with Crippen LogP contribution in [0.15, 0.2) is 47.2 Å². The van der Waals surface area contributed by atoms with Crippen molar-refractivity contribution in [2.45, 2.75) is 6.92 Å². The summed E-state index contributed by atoms with van der Waals surface area (Å²) in [4.78, 5) is 27.4. The molecule has 0 radical (unpaired) electrons. The average molecular weight is 379 g/mol. The molecule has 1 amide bonds. The number of carbonyl (C=O) groups excluding carboxylic acids is 2. The van der Waals surface area contributed by atoms with Crippen molar-refractivity contribution in [3.8, 4) is 5.75 Å². The van der Waals surface area contributed by atoms with Crippen LogP contribution in [0.3, 0.4) is 0 Å². The van der Waals surface area contributed by atoms with E-state index in [1.54, 1.807) is 43.5 Å². The first-order chi connectivity index (χ1) is 11.1. The molecule has 0 fully saturated rings. The van der Waals surface area contributed by atoms with Crippen LogP contribution in [0.4, 0.5) is 5.69 Å². The molecule has 1 aromatic heterocycles. The number of ether oxygens (including phenoxy) is 2. The summed E-state index contributed by atoms with van der Waals surface area (Å²) in [7, 11) is 0. The maximum Gasteiger partial charge on any atom is 0.344 e. The van der Waals surface area contributed by atoms with E-state index in [2.05, 4.69) is 26.2 Å². The Morgan fingerprint density at radius 2 is 2.09 bits per heavy atom. The normalized spacial score (nSPS) is 10.0. The van der Waals surface area contributed by atoms with Gasteiger partial charge in [-0.15, -0.1) is 0 Å². The lowest BCUT2D eigenvalue weighted by Gasteiger charge is -2.09. The van der Waals surface area contributed by atoms with Crippen molar-refractivity contribution >= 4 is 33.5 Å². The summed E-state index contributed by atoms with van der Waals surface area (Å²) in [5.41, 5.74) is 0.980. The predicted molar refractivity (Wildman–Crippen MR) is 88.5 cm³/mol. The highest BCUT2D eigenvalue weighted by Crippen LogP contribution is 2.18. The lowest BCUT2D eigenvalue weighted by Crippen LogP contribution is -2.15. The molecule has 0 bridgehead atoms. The SMILES string of the molecule is CCOC(=O)COc1cccc(NC(=O)c2cncc(Br)c2)c1. The van der Waals surface area contributed by atoms with Gasteiger partial charge in [-0.1, -0.05) is 6.07 Å². The van der Waals surface area contributed by atoms with E-state index in [4.69, 9.17) is 9.47 Å². The Hall–Kier alpha value is -2.41. The van der Waals surface area contributed by atoms with Crippen molar-refractivity contribution in [1.82, 2.24) is 4.98 Å². The smallest absolute Gasteiger partial charge is 0.344 e. The van der Waals surface area contributed by atoms with E-state index < -0.39 is 5.97 Å². The van der Waals surface area contributed by atoms with Crippen LogP contribution in [-0.2, 0) is 9.53 Å². The van der Waals surface area contributed by atoms with Crippen LogP contribution >= 0.6 is 15.9 Å². The summed E-state index contributed by atoms with van der Waals surface area (Å²) in [6.07, 6.45) is 3.07. The van der Waals surface area contributed by atoms with Gasteiger partial charge in [-0.05, 0) is 41.1 Å². The lowest BCUT2D eigenvalue weighted by molar-refractivity contribution is -0.145. The van der Waals surface area contributed by atoms with Crippen molar-refractivity contribution in [2.75, 3.05) is 18.5 Å². The number of esters is 1. The monoisotopic (exact) mass is 378 g/mol. The Balaban J connectivity index is 1.99. The Labute approximate surface area is 142 Å². The zero-order valence-corrected chi connectivity index (χ0v) is 14.0. The van der Waals surface area contributed by atoms with Gasteiger partial charge in [0.15, 0.2) is 6.61 Å². The van der Waals surface area contributed by atoms with Crippen molar-refractivity contribution in [2.24, 2.45) is 0 Å². The molecule has 1 N–H and O–H groups in total. The molecule has 1 heterocycles. The Morgan fingerprint density at radius 1 is 1.26 bits per heavy atom. The molecule has 0 unspecified atom stereocenters. The largest absolute Gasteiger partial charge is 0.482 e. The van der Waals surface area contributed by atoms with Gasteiger partial charge in [0.25, 0.3) is 5.91 Å². The number of carbonyl (C=O) groups is 2. The molecule has 0 spiro atoms. The summed E-state index contributed by atoms with van der Waals surface area (Å²) in [5.74, 6) is -0.272. The maximum absolute atomic E-state index is 12.1. The van der Waals surface area contributed by atoms with Gasteiger partial charge in [0.05, 0.1) is 12.2 Å². The number of hydrogen-bond acceptors (Lipinski definition) is 5. The fourth-order valence-electron chi connectivity index (χ4n) is 1.75. The second-order valence-corrected chi connectivity index (χ2v) is 5.38. The highest BCUT2D eigenvalue weighted by molar-refractivity contribution is 9.10. The second kappa shape index (κ2) is 8.28. The van der Waals surface area contributed by atoms with Gasteiger partial charge in [-0.2, -0.15) is 0 Å². The van der Waals surface area contributed by atoms with Gasteiger partial charge in [0.1, 0.15) is 5.75 Å². The van der Waals surface area contributed by atoms with E-state index in [-0.39, 0.29) is 12.5 Å². The number of aromatic nitrogens is 1. The van der Waals surface area contributed by atoms with E-state index in [9.17, 15) is 9.59 Å². The molecule has 2 aromatic rings. The Morgan fingerprint density at radius 3 is 2.83 bits per heavy atom. The first-order valence-corrected chi connectivity index (χ1v) is 7.68. The molecule has 120 valence electrons. The zero-order valence-electron chi connectivity index (χ0n) is 12.4. The van der Waals surface area contributed by atoms with Crippen molar-refractivity contribution in [1.29, 1.82) is 0 Å². The predicted octanol–water partition coefficient (Wildman–Crippen LogP) is 3.04. The molecule has 7 heteroatoms. The van der Waals surface area contributed by atoms with Gasteiger partial charge >= 0.3 is 5.97 Å². The summed E-state index contributed by atoms with van der Waals surface area (Å²) in [6, 6.07) is 8.43. The van der Waals surface area contributed by atoms with E-state index >= 15 is 0 Å². The third-order valence-electron chi connectivity index (χ3n) is 2.72. The summed E-state index contributed by atoms with van der Waals surface area (Å²) >= 11 is 3.27. The third kappa shape index (κ3) is 5.37. The fraction of sp³-hybridized carbons (Fsp3) is 0.188. The Bertz CT molecular complexity index is 706. The van der Waals surface area contributed by atoms with Crippen molar-refractivity contribution in [3.63, 3.8) is 0 Å². The van der Waals surface area contributed by atoms with Crippen LogP contribution in [0.25, 0.3) is 0 Å². The maximum atomic E-state index is 12.1. The fourth-order valence-corrected chi connectivity index (χ4v) is 2.11. The van der Waals surface area contributed by atoms with Crippen LogP contribution in [-0.4, -0.2) is 30.1 Å². The summed E-state index contributed by atoms with van der Waals surface area (Å²) in [6.45, 7) is 1.85. The summed E-state index contributed by atoms with van der Waals surface area (Å²) < 4.78 is 10.8. The van der Waals surface area contributed by atoms with E-state index in [1.807, 2.05) is 0 Å². The average Bonchev–Trinajstić information content (AvgIpc) is 2.53. The molecule has 0 aliphatic carbocycles. The number of nitrogens with zero attached hydrogens (tertiary/aromatic N) is 1. The number of rotatable bonds is 6. The van der Waals surface area contributed by atoms with E-state index in [0.29, 0.717) is 23.6 Å². The van der Waals surface area contributed by atoms with Crippen LogP contribution in [0.1, 0.15) is 17.3 Å². The van der Waals surface area contributed by atoms with Gasteiger partial charge in [-0.3, -0.25) is 9.78 Å². The topological polar surface area (TPSA) is 77.5 Å². The molecule has 6 nitrogen and oxygen atoms in total. The minimum absolute atomic E-state index is 0.180. The molecule has 0 saturated heterocycles. The highest BCUT2D eigenvalue weighted by atomic mass is 79.9. The minimum atomic E-state index is -0.442. The second-order valence-electron chi connectivity index (χ2n) is 4.47. The molecular weight excluding hydrogens is 364 g/mol. The first kappa shape index (κ1) is 17.0. The zero-order chi connectivity index (χ0) is 16.7. The van der Waals surface area contributed by atoms with Gasteiger partial charge < -0.3 is 14.8 Å². The van der Waals surface area contributed by atoms with Crippen molar-refractivity contribution < 1.29 is 19.1 Å². The first-order valence-electron chi connectivity index (χ1n) is 6.89. The molecular formula is C16H15BrN2O4. The van der Waals surface area contributed by atoms with Crippen LogP contribution < -0.4 is 10.1 Å². The molecule has 0 atom stereocenters. The number of benzene rings is 1. The van der Waals surface area contributed by atoms with Gasteiger partial charge in [0, 0.05) is 28.6 Å². The third-order valence-corrected chi connectivity index (χ3v) is 3.15. The van der Waals surface area contributed by atoms with Gasteiger partial charge in [0.2, 0.25) is 0 Å². The molecule has 2 rings (SSSR count). The van der Waals surface area contributed by atoms with Crippen LogP contribution in [0.2, 0.25) is 0 Å². The van der Waals surface area contributed by atoms with E-state index in [0.717, 1.165) is 4.47 Å². The highest BCUT2D eigenvalue weighted by Gasteiger charge is 2.08. The molecule has 0 aliphatic rings. The van der Waals surface area contributed by atoms with Gasteiger partial charge in [-0.25, -0.2) is 4.79 Å².